The Morgan fingerprint density at radius 3 is 2.26 bits per heavy atom. The molecule has 1 saturated carbocycles. The number of fused-ring (bicyclic) bond motifs is 1. The Balaban J connectivity index is 0.00000131. The summed E-state index contributed by atoms with van der Waals surface area (Å²) in [4.78, 5) is 0. The van der Waals surface area contributed by atoms with E-state index < -0.39 is 31.3 Å². The Morgan fingerprint density at radius 1 is 1.07 bits per heavy atom. The molecule has 0 aromatic carbocycles. The number of rotatable bonds is 3. The van der Waals surface area contributed by atoms with Crippen molar-refractivity contribution in [3.8, 4) is 0 Å². The molecule has 0 aromatic heterocycles. The normalized spacial score (nSPS) is 32.8. The van der Waals surface area contributed by atoms with Crippen LogP contribution in [0, 0.1) is 11.3 Å². The summed E-state index contributed by atoms with van der Waals surface area (Å²) in [5.41, 5.74) is 8.27. The summed E-state index contributed by atoms with van der Waals surface area (Å²) in [5, 5.41) is 0. The molecule has 1 saturated heterocycles. The van der Waals surface area contributed by atoms with Crippen molar-refractivity contribution < 1.29 is 48.0 Å². The molecule has 1 aliphatic heterocycles. The van der Waals surface area contributed by atoms with Gasteiger partial charge < -0.3 is 24.8 Å². The molecule has 0 radical (unpaired) electrons. The maximum Gasteiger partial charge on any atom is -1.00 e. The Morgan fingerprint density at radius 2 is 1.74 bits per heavy atom. The summed E-state index contributed by atoms with van der Waals surface area (Å²) in [6.45, 7) is 15.0. The van der Waals surface area contributed by atoms with E-state index in [0.717, 1.165) is 15.1 Å². The van der Waals surface area contributed by atoms with Crippen molar-refractivity contribution in [3.63, 3.8) is 0 Å². The fourth-order valence-electron chi connectivity index (χ4n) is 6.10. The van der Waals surface area contributed by atoms with Crippen molar-refractivity contribution in [2.45, 2.75) is 81.7 Å². The zero-order chi connectivity index (χ0) is 18.0. The van der Waals surface area contributed by atoms with Crippen molar-refractivity contribution in [2.24, 2.45) is 11.3 Å². The second-order valence-electron chi connectivity index (χ2n) is 9.87. The van der Waals surface area contributed by atoms with Gasteiger partial charge in [0.2, 0.25) is 0 Å². The van der Waals surface area contributed by atoms with Gasteiger partial charge in [-0.05, 0) is 0 Å². The molecule has 1 heterocycles. The van der Waals surface area contributed by atoms with Gasteiger partial charge in [0, 0.05) is 0 Å². The topological polar surface area (TPSA) is 0 Å². The first kappa shape index (κ1) is 23.9. The predicted molar refractivity (Wildman–Crippen MR) is 108 cm³/mol. The van der Waals surface area contributed by atoms with Gasteiger partial charge in [-0.2, -0.15) is 0 Å². The van der Waals surface area contributed by atoms with Crippen LogP contribution < -0.4 is 24.8 Å². The van der Waals surface area contributed by atoms with Gasteiger partial charge in [0.1, 0.15) is 0 Å². The molecule has 0 aromatic rings. The third kappa shape index (κ3) is 3.75. The molecule has 0 bridgehead atoms. The summed E-state index contributed by atoms with van der Waals surface area (Å²) in [5.74, 6) is 0.909. The van der Waals surface area contributed by atoms with Crippen LogP contribution in [0.25, 0.3) is 0 Å². The van der Waals surface area contributed by atoms with Gasteiger partial charge >= 0.3 is 168 Å². The molecule has 3 atom stereocenters. The van der Waals surface area contributed by atoms with Gasteiger partial charge in [-0.15, -0.1) is 0 Å². The zero-order valence-electron chi connectivity index (χ0n) is 17.8. The van der Waals surface area contributed by atoms with E-state index in [1.54, 1.807) is 28.8 Å². The standard InChI is InChI=1S/C13H19Si.C10H15.2ClH.Zr/c1-14(9-4-10-14)13-8-7-11-5-2-3-6-12(11)13;1-7-6-10(4,5)9(3)8(7)2;;;/h2-3,6,8,11,13H,4-5,7,9-10H2,1H3;1-5H3;2*1H;/q;;;;+2/p-2. The van der Waals surface area contributed by atoms with Crippen molar-refractivity contribution >= 4 is 8.07 Å². The van der Waals surface area contributed by atoms with Crippen molar-refractivity contribution in [3.05, 3.63) is 43.8 Å². The van der Waals surface area contributed by atoms with E-state index in [1.165, 1.54) is 19.3 Å². The van der Waals surface area contributed by atoms with E-state index in [2.05, 4.69) is 59.4 Å². The van der Waals surface area contributed by atoms with Crippen LogP contribution in [0.3, 0.4) is 0 Å². The number of allylic oxidation sites excluding steroid dienone is 8. The molecule has 148 valence electrons. The van der Waals surface area contributed by atoms with Gasteiger partial charge in [-0.3, -0.25) is 0 Å². The van der Waals surface area contributed by atoms with Crippen molar-refractivity contribution in [1.82, 2.24) is 0 Å². The number of hydrogen-bond acceptors (Lipinski definition) is 0. The van der Waals surface area contributed by atoms with Crippen molar-refractivity contribution in [2.75, 3.05) is 0 Å². The second-order valence-corrected chi connectivity index (χ2v) is 18.6. The molecular weight excluding hydrogens is 466 g/mol. The molecule has 0 spiro atoms. The number of hydrogen-bond donors (Lipinski definition) is 0. The van der Waals surface area contributed by atoms with Gasteiger partial charge in [0.05, 0.1) is 0 Å². The van der Waals surface area contributed by atoms with E-state index >= 15 is 0 Å². The first-order valence-electron chi connectivity index (χ1n) is 10.3. The average Bonchev–Trinajstić information content (AvgIpc) is 2.99. The molecule has 0 amide bonds. The molecule has 2 fully saturated rings. The number of halogens is 2. The van der Waals surface area contributed by atoms with Crippen LogP contribution in [-0.4, -0.2) is 8.07 Å². The first-order valence-corrected chi connectivity index (χ1v) is 15.9. The van der Waals surface area contributed by atoms with E-state index in [-0.39, 0.29) is 24.8 Å². The second kappa shape index (κ2) is 8.41. The van der Waals surface area contributed by atoms with Gasteiger partial charge in [0.15, 0.2) is 0 Å². The molecule has 4 heteroatoms. The molecule has 27 heavy (non-hydrogen) atoms. The zero-order valence-corrected chi connectivity index (χ0v) is 22.7. The van der Waals surface area contributed by atoms with E-state index in [0.29, 0.717) is 5.41 Å². The maximum absolute atomic E-state index is 2.75. The minimum atomic E-state index is -1.01. The monoisotopic (exact) mass is 498 g/mol. The molecule has 3 unspecified atom stereocenters. The summed E-state index contributed by atoms with van der Waals surface area (Å²) in [6, 6.07) is 3.22. The van der Waals surface area contributed by atoms with Crippen molar-refractivity contribution in [1.29, 1.82) is 0 Å². The quantitative estimate of drug-likeness (QED) is 0.512. The Kier molecular flexibility index (Phi) is 7.45. The SMILES string of the molecule is CC1=C(C)C(C)(C)[C]([Zr+2][CH]2CC3CC=CC=C3C2[Si]2(C)CCC2)=C1C.[Cl-].[Cl-]. The summed E-state index contributed by atoms with van der Waals surface area (Å²) >= 11 is -0.554. The van der Waals surface area contributed by atoms with Crippen LogP contribution in [0.15, 0.2) is 43.8 Å². The molecule has 4 aliphatic rings. The molecule has 3 aliphatic carbocycles. The summed E-state index contributed by atoms with van der Waals surface area (Å²) < 4.78 is 3.02. The molecule has 0 nitrogen and oxygen atoms in total. The fourth-order valence-corrected chi connectivity index (χ4v) is 19.0. The average molecular weight is 501 g/mol. The molecule has 0 N–H and O–H groups in total. The van der Waals surface area contributed by atoms with Crippen LogP contribution in [0.5, 0.6) is 0 Å². The van der Waals surface area contributed by atoms with Gasteiger partial charge in [-0.1, -0.05) is 0 Å². The maximum atomic E-state index is 2.75. The summed E-state index contributed by atoms with van der Waals surface area (Å²) in [7, 11) is -1.01. The largest absolute Gasteiger partial charge is 1.00 e. The van der Waals surface area contributed by atoms with Crippen LogP contribution >= 0.6 is 0 Å². The Bertz CT molecular complexity index is 725. The minimum absolute atomic E-state index is 0. The minimum Gasteiger partial charge on any atom is -1.00 e. The van der Waals surface area contributed by atoms with Gasteiger partial charge in [-0.25, -0.2) is 0 Å². The third-order valence-electron chi connectivity index (χ3n) is 8.26. The Labute approximate surface area is 191 Å². The predicted octanol–water partition coefficient (Wildman–Crippen LogP) is 1.27. The van der Waals surface area contributed by atoms with E-state index in [9.17, 15) is 0 Å². The Hall–Kier alpha value is 0.640. The van der Waals surface area contributed by atoms with Crippen LogP contribution in [-0.2, 0) is 23.2 Å². The van der Waals surface area contributed by atoms with Crippen LogP contribution in [0.2, 0.25) is 27.8 Å². The van der Waals surface area contributed by atoms with Gasteiger partial charge in [0.25, 0.3) is 0 Å². The van der Waals surface area contributed by atoms with Crippen LogP contribution in [0.1, 0.15) is 53.9 Å². The third-order valence-corrected chi connectivity index (χ3v) is 19.8. The summed E-state index contributed by atoms with van der Waals surface area (Å²) in [6.07, 6.45) is 11.8. The van der Waals surface area contributed by atoms with Crippen LogP contribution in [0.4, 0.5) is 0 Å². The van der Waals surface area contributed by atoms with E-state index in [1.807, 2.05) is 8.85 Å². The fraction of sp³-hybridized carbons (Fsp3) is 0.652. The molecular formula is C23H34Cl2SiZr. The van der Waals surface area contributed by atoms with E-state index in [4.69, 9.17) is 0 Å². The molecule has 4 rings (SSSR count). The first-order chi connectivity index (χ1) is 11.8. The smallest absolute Gasteiger partial charge is 1.00 e.